The maximum atomic E-state index is 12.5. The van der Waals surface area contributed by atoms with Crippen LogP contribution in [0.1, 0.15) is 0 Å². The Bertz CT molecular complexity index is 512. The third-order valence-electron chi connectivity index (χ3n) is 2.09. The van der Waals surface area contributed by atoms with Crippen molar-refractivity contribution in [2.75, 3.05) is 6.54 Å². The maximum absolute atomic E-state index is 12.5. The van der Waals surface area contributed by atoms with E-state index in [9.17, 15) is 36.9 Å². The summed E-state index contributed by atoms with van der Waals surface area (Å²) in [6.45, 7) is -2.75. The molecule has 1 N–H and O–H groups in total. The number of nitrogens with zero attached hydrogens (tertiary/aromatic N) is 3. The summed E-state index contributed by atoms with van der Waals surface area (Å²) in [6.07, 6.45) is -3.80. The minimum Gasteiger partial charge on any atom is -0.390 e. The molecule has 20 heavy (non-hydrogen) atoms. The molecule has 12 heteroatoms. The number of carbonyl (C=O) groups is 1. The summed E-state index contributed by atoms with van der Waals surface area (Å²) in [4.78, 5) is 24.0. The minimum atomic E-state index is -5.79. The molecule has 0 aliphatic carbocycles. The summed E-state index contributed by atoms with van der Waals surface area (Å²) in [5.41, 5.74) is 0. The zero-order valence-electron chi connectivity index (χ0n) is 9.53. The van der Waals surface area contributed by atoms with Crippen molar-refractivity contribution in [3.8, 4) is 0 Å². The Hall–Kier alpha value is -2.27. The van der Waals surface area contributed by atoms with Gasteiger partial charge in [0.1, 0.15) is 12.4 Å². The van der Waals surface area contributed by atoms with Crippen molar-refractivity contribution in [2.45, 2.75) is 18.6 Å². The van der Waals surface area contributed by atoms with Crippen LogP contribution >= 0.6 is 0 Å². The van der Waals surface area contributed by atoms with Gasteiger partial charge in [-0.05, 0) is 4.92 Å². The van der Waals surface area contributed by atoms with Crippen LogP contribution in [0.3, 0.4) is 0 Å². The summed E-state index contributed by atoms with van der Waals surface area (Å²) in [5.74, 6) is -7.05. The standard InChI is InChI=1S/C8H7F5N4O3/c9-7(10,8(11,12)13)4-15-5(18)3-16-2-1-14-6(16)17(19)20/h1-2H,3-4H2,(H,15,18). The predicted octanol–water partition coefficient (Wildman–Crippen LogP) is 1.11. The molecule has 1 amide bonds. The van der Waals surface area contributed by atoms with E-state index in [1.165, 1.54) is 5.32 Å². The summed E-state index contributed by atoms with van der Waals surface area (Å²) in [5, 5.41) is 11.8. The normalized spacial score (nSPS) is 12.2. The van der Waals surface area contributed by atoms with E-state index in [2.05, 4.69) is 4.98 Å². The lowest BCUT2D eigenvalue weighted by atomic mass is 10.3. The average Bonchev–Trinajstić information content (AvgIpc) is 2.73. The first kappa shape index (κ1) is 15.8. The molecule has 112 valence electrons. The second-order valence-electron chi connectivity index (χ2n) is 3.59. The van der Waals surface area contributed by atoms with E-state index in [0.717, 1.165) is 12.4 Å². The van der Waals surface area contributed by atoms with Crippen LogP contribution in [0.5, 0.6) is 0 Å². The molecule has 0 aromatic carbocycles. The van der Waals surface area contributed by atoms with Crippen LogP contribution in [0.4, 0.5) is 27.9 Å². The van der Waals surface area contributed by atoms with Gasteiger partial charge in [-0.15, -0.1) is 0 Å². The van der Waals surface area contributed by atoms with Gasteiger partial charge >= 0.3 is 18.0 Å². The highest BCUT2D eigenvalue weighted by Crippen LogP contribution is 2.34. The quantitative estimate of drug-likeness (QED) is 0.501. The number of halogens is 5. The molecule has 0 aliphatic rings. The molecule has 0 atom stereocenters. The topological polar surface area (TPSA) is 90.1 Å². The van der Waals surface area contributed by atoms with Crippen molar-refractivity contribution in [1.82, 2.24) is 14.9 Å². The molecule has 1 aromatic rings. The van der Waals surface area contributed by atoms with Gasteiger partial charge in [-0.2, -0.15) is 22.0 Å². The molecule has 0 fully saturated rings. The first-order valence-electron chi connectivity index (χ1n) is 4.91. The number of amides is 1. The lowest BCUT2D eigenvalue weighted by molar-refractivity contribution is -0.396. The van der Waals surface area contributed by atoms with Gasteiger partial charge in [-0.25, -0.2) is 4.57 Å². The fourth-order valence-electron chi connectivity index (χ4n) is 1.12. The number of nitro groups is 1. The van der Waals surface area contributed by atoms with Crippen LogP contribution in [-0.4, -0.2) is 39.0 Å². The number of rotatable bonds is 5. The van der Waals surface area contributed by atoms with Crippen LogP contribution in [0, 0.1) is 10.1 Å². The van der Waals surface area contributed by atoms with Crippen LogP contribution < -0.4 is 5.32 Å². The molecule has 7 nitrogen and oxygen atoms in total. The lowest BCUT2D eigenvalue weighted by Crippen LogP contribution is -2.47. The Labute approximate surface area is 107 Å². The van der Waals surface area contributed by atoms with E-state index in [0.29, 0.717) is 4.57 Å². The lowest BCUT2D eigenvalue weighted by Gasteiger charge is -2.19. The van der Waals surface area contributed by atoms with Gasteiger partial charge in [0, 0.05) is 0 Å². The zero-order chi connectivity index (χ0) is 15.6. The van der Waals surface area contributed by atoms with E-state index in [1.54, 1.807) is 0 Å². The smallest absolute Gasteiger partial charge is 0.390 e. The molecule has 0 bridgehead atoms. The van der Waals surface area contributed by atoms with Crippen LogP contribution in [0.15, 0.2) is 12.4 Å². The van der Waals surface area contributed by atoms with E-state index < -0.39 is 42.0 Å². The first-order valence-corrected chi connectivity index (χ1v) is 4.91. The number of imidazole rings is 1. The Morgan fingerprint density at radius 1 is 1.40 bits per heavy atom. The number of hydrogen-bond donors (Lipinski definition) is 1. The molecule has 0 unspecified atom stereocenters. The number of aromatic nitrogens is 2. The van der Waals surface area contributed by atoms with Gasteiger partial charge in [0.25, 0.3) is 5.91 Å². The predicted molar refractivity (Wildman–Crippen MR) is 52.9 cm³/mol. The van der Waals surface area contributed by atoms with E-state index in [4.69, 9.17) is 0 Å². The van der Waals surface area contributed by atoms with Gasteiger partial charge in [0.15, 0.2) is 6.54 Å². The van der Waals surface area contributed by atoms with Crippen molar-refractivity contribution in [1.29, 1.82) is 0 Å². The van der Waals surface area contributed by atoms with Crippen LogP contribution in [-0.2, 0) is 11.3 Å². The second kappa shape index (κ2) is 5.38. The minimum absolute atomic E-state index is 0.696. The summed E-state index contributed by atoms with van der Waals surface area (Å²) in [7, 11) is 0. The highest BCUT2D eigenvalue weighted by Gasteiger charge is 2.57. The largest absolute Gasteiger partial charge is 0.455 e. The van der Waals surface area contributed by atoms with Crippen LogP contribution in [0.25, 0.3) is 0 Å². The Morgan fingerprint density at radius 3 is 2.50 bits per heavy atom. The van der Waals surface area contributed by atoms with Crippen LogP contribution in [0.2, 0.25) is 0 Å². The maximum Gasteiger partial charge on any atom is 0.455 e. The number of hydrogen-bond acceptors (Lipinski definition) is 4. The molecule has 1 heterocycles. The third-order valence-corrected chi connectivity index (χ3v) is 2.09. The van der Waals surface area contributed by atoms with Crippen molar-refractivity contribution in [2.24, 2.45) is 0 Å². The van der Waals surface area contributed by atoms with Gasteiger partial charge < -0.3 is 15.4 Å². The van der Waals surface area contributed by atoms with Gasteiger partial charge in [-0.3, -0.25) is 4.79 Å². The molecule has 1 rings (SSSR count). The molecular weight excluding hydrogens is 295 g/mol. The third kappa shape index (κ3) is 3.61. The van der Waals surface area contributed by atoms with Gasteiger partial charge in [-0.1, -0.05) is 4.98 Å². The highest BCUT2D eigenvalue weighted by atomic mass is 19.4. The summed E-state index contributed by atoms with van der Waals surface area (Å²) < 4.78 is 61.2. The molecule has 1 aromatic heterocycles. The highest BCUT2D eigenvalue weighted by molar-refractivity contribution is 5.76. The first-order chi connectivity index (χ1) is 9.04. The van der Waals surface area contributed by atoms with E-state index >= 15 is 0 Å². The van der Waals surface area contributed by atoms with Crippen molar-refractivity contribution in [3.63, 3.8) is 0 Å². The van der Waals surface area contributed by atoms with Crippen molar-refractivity contribution < 1.29 is 31.7 Å². The van der Waals surface area contributed by atoms with Gasteiger partial charge in [0.2, 0.25) is 0 Å². The van der Waals surface area contributed by atoms with Crippen molar-refractivity contribution >= 4 is 11.9 Å². The molecular formula is C8H7F5N4O3. The number of carbonyl (C=O) groups excluding carboxylic acids is 1. The molecule has 0 saturated carbocycles. The van der Waals surface area contributed by atoms with Gasteiger partial charge in [0.05, 0.1) is 6.54 Å². The van der Waals surface area contributed by atoms with Crippen molar-refractivity contribution in [3.05, 3.63) is 22.5 Å². The molecule has 0 radical (unpaired) electrons. The van der Waals surface area contributed by atoms with E-state index in [1.807, 2.05) is 0 Å². The SMILES string of the molecule is O=C(Cn1ccnc1[N+](=O)[O-])NCC(F)(F)C(F)(F)F. The summed E-state index contributed by atoms with van der Waals surface area (Å²) >= 11 is 0. The molecule has 0 saturated heterocycles. The second-order valence-corrected chi connectivity index (χ2v) is 3.59. The Morgan fingerprint density at radius 2 is 2.00 bits per heavy atom. The van der Waals surface area contributed by atoms with E-state index in [-0.39, 0.29) is 0 Å². The zero-order valence-corrected chi connectivity index (χ0v) is 9.53. The molecule has 0 aliphatic heterocycles. The monoisotopic (exact) mass is 302 g/mol. The number of nitrogens with one attached hydrogen (secondary N) is 1. The number of alkyl halides is 5. The fraction of sp³-hybridized carbons (Fsp3) is 0.500. The fourth-order valence-corrected chi connectivity index (χ4v) is 1.12. The Balaban J connectivity index is 2.61. The Kier molecular flexibility index (Phi) is 4.25. The molecule has 0 spiro atoms. The average molecular weight is 302 g/mol. The summed E-state index contributed by atoms with van der Waals surface area (Å²) in [6, 6.07) is 0.